The molecule has 0 unspecified atom stereocenters. The van der Waals surface area contributed by atoms with Gasteiger partial charge in [-0.15, -0.1) is 0 Å². The molecule has 29 heavy (non-hydrogen) atoms. The maximum absolute atomic E-state index is 13.1. The van der Waals surface area contributed by atoms with Crippen LogP contribution in [0.5, 0.6) is 0 Å². The minimum absolute atomic E-state index is 0.306. The smallest absolute Gasteiger partial charge is 0.332 e. The normalized spacial score (nSPS) is 11.2. The van der Waals surface area contributed by atoms with Gasteiger partial charge in [0.25, 0.3) is 5.56 Å². The van der Waals surface area contributed by atoms with Crippen LogP contribution in [0.3, 0.4) is 0 Å². The number of nitrogens with two attached hydrogens (primary N) is 1. The van der Waals surface area contributed by atoms with Crippen LogP contribution in [-0.2, 0) is 14.1 Å². The first-order valence-corrected chi connectivity index (χ1v) is 9.81. The quantitative estimate of drug-likeness (QED) is 0.505. The number of aryl methyl sites for hydroxylation is 2. The average Bonchev–Trinajstić information content (AvgIpc) is 2.72. The summed E-state index contributed by atoms with van der Waals surface area (Å²) in [6, 6.07) is 15.4. The van der Waals surface area contributed by atoms with Crippen molar-refractivity contribution >= 4 is 32.7 Å². The Hall–Kier alpha value is -3.19. The Kier molecular flexibility index (Phi) is 4.62. The molecule has 0 fully saturated rings. The number of nitrogen functional groups attached to an aromatic ring is 1. The summed E-state index contributed by atoms with van der Waals surface area (Å²) in [5, 5.41) is 0.330. The summed E-state index contributed by atoms with van der Waals surface area (Å²) in [6.07, 6.45) is 0. The van der Waals surface area contributed by atoms with Gasteiger partial charge in [-0.2, -0.15) is 0 Å². The standard InChI is InChI=1S/C22H19BrN4O2/c1-12-4-6-13(7-5-12)16-17-20(26(2)22(29)27(3)21(17)28)25-19(18(16)24)14-8-10-15(23)11-9-14/h4-11H,24H2,1-3H3. The van der Waals surface area contributed by atoms with Gasteiger partial charge >= 0.3 is 5.69 Å². The van der Waals surface area contributed by atoms with Gasteiger partial charge in [0.05, 0.1) is 16.8 Å². The van der Waals surface area contributed by atoms with Crippen molar-refractivity contribution in [1.29, 1.82) is 0 Å². The van der Waals surface area contributed by atoms with Gasteiger partial charge in [0.15, 0.2) is 5.65 Å². The van der Waals surface area contributed by atoms with E-state index in [2.05, 4.69) is 20.9 Å². The van der Waals surface area contributed by atoms with E-state index in [1.54, 1.807) is 7.05 Å². The third-order valence-electron chi connectivity index (χ3n) is 5.08. The van der Waals surface area contributed by atoms with Gasteiger partial charge in [-0.05, 0) is 24.6 Å². The van der Waals surface area contributed by atoms with E-state index < -0.39 is 11.2 Å². The largest absolute Gasteiger partial charge is 0.396 e. The van der Waals surface area contributed by atoms with Crippen LogP contribution < -0.4 is 17.0 Å². The monoisotopic (exact) mass is 450 g/mol. The Labute approximate surface area is 175 Å². The molecule has 0 aliphatic heterocycles. The van der Waals surface area contributed by atoms with Gasteiger partial charge in [-0.25, -0.2) is 9.78 Å². The number of benzene rings is 2. The zero-order valence-corrected chi connectivity index (χ0v) is 17.8. The fraction of sp³-hybridized carbons (Fsp3) is 0.136. The minimum Gasteiger partial charge on any atom is -0.396 e. The maximum Gasteiger partial charge on any atom is 0.332 e. The molecule has 0 saturated heterocycles. The summed E-state index contributed by atoms with van der Waals surface area (Å²) in [5.41, 5.74) is 10.3. The second-order valence-electron chi connectivity index (χ2n) is 7.03. The number of aromatic nitrogens is 3. The maximum atomic E-state index is 13.1. The van der Waals surface area contributed by atoms with Crippen molar-refractivity contribution in [1.82, 2.24) is 14.1 Å². The van der Waals surface area contributed by atoms with Crippen LogP contribution in [0.4, 0.5) is 5.69 Å². The molecule has 2 aromatic heterocycles. The minimum atomic E-state index is -0.434. The molecule has 0 saturated carbocycles. The van der Waals surface area contributed by atoms with Crippen molar-refractivity contribution in [3.63, 3.8) is 0 Å². The molecular formula is C22H19BrN4O2. The van der Waals surface area contributed by atoms with E-state index in [4.69, 9.17) is 5.73 Å². The second-order valence-corrected chi connectivity index (χ2v) is 7.94. The van der Waals surface area contributed by atoms with E-state index in [0.717, 1.165) is 25.7 Å². The van der Waals surface area contributed by atoms with Crippen molar-refractivity contribution in [3.05, 3.63) is 79.4 Å². The molecule has 146 valence electrons. The predicted molar refractivity (Wildman–Crippen MR) is 120 cm³/mol. The molecule has 6 nitrogen and oxygen atoms in total. The molecule has 4 aromatic rings. The third kappa shape index (κ3) is 3.07. The van der Waals surface area contributed by atoms with Crippen LogP contribution in [0.25, 0.3) is 33.4 Å². The molecule has 0 bridgehead atoms. The lowest BCUT2D eigenvalue weighted by Gasteiger charge is -2.17. The average molecular weight is 451 g/mol. The van der Waals surface area contributed by atoms with Gasteiger partial charge in [0, 0.05) is 29.7 Å². The first kappa shape index (κ1) is 19.1. The lowest BCUT2D eigenvalue weighted by Crippen LogP contribution is -2.37. The van der Waals surface area contributed by atoms with Gasteiger partial charge in [0.1, 0.15) is 0 Å². The summed E-state index contributed by atoms with van der Waals surface area (Å²) in [5.74, 6) is 0. The Morgan fingerprint density at radius 1 is 0.897 bits per heavy atom. The molecule has 4 rings (SSSR count). The summed E-state index contributed by atoms with van der Waals surface area (Å²) >= 11 is 3.43. The lowest BCUT2D eigenvalue weighted by atomic mass is 9.97. The number of pyridine rings is 1. The highest BCUT2D eigenvalue weighted by Crippen LogP contribution is 2.37. The predicted octanol–water partition coefficient (Wildman–Crippen LogP) is 3.62. The molecule has 0 aliphatic carbocycles. The van der Waals surface area contributed by atoms with Crippen LogP contribution in [0, 0.1) is 6.92 Å². The van der Waals surface area contributed by atoms with Crippen molar-refractivity contribution in [2.24, 2.45) is 14.1 Å². The Morgan fingerprint density at radius 2 is 1.48 bits per heavy atom. The van der Waals surface area contributed by atoms with Crippen LogP contribution in [0.2, 0.25) is 0 Å². The van der Waals surface area contributed by atoms with Gasteiger partial charge in [0.2, 0.25) is 0 Å². The van der Waals surface area contributed by atoms with Crippen LogP contribution >= 0.6 is 15.9 Å². The molecular weight excluding hydrogens is 432 g/mol. The number of hydrogen-bond acceptors (Lipinski definition) is 4. The molecule has 7 heteroatoms. The molecule has 0 amide bonds. The SMILES string of the molecule is Cc1ccc(-c2c(N)c(-c3ccc(Br)cc3)nc3c2c(=O)n(C)c(=O)n3C)cc1. The molecule has 2 heterocycles. The van der Waals surface area contributed by atoms with Crippen molar-refractivity contribution in [2.45, 2.75) is 6.92 Å². The highest BCUT2D eigenvalue weighted by molar-refractivity contribution is 9.10. The van der Waals surface area contributed by atoms with Crippen molar-refractivity contribution in [2.75, 3.05) is 5.73 Å². The topological polar surface area (TPSA) is 82.9 Å². The van der Waals surface area contributed by atoms with E-state index in [9.17, 15) is 9.59 Å². The van der Waals surface area contributed by atoms with Gasteiger partial charge < -0.3 is 5.73 Å². The zero-order chi connectivity index (χ0) is 20.9. The second kappa shape index (κ2) is 7.00. The number of anilines is 1. The third-order valence-corrected chi connectivity index (χ3v) is 5.61. The van der Waals surface area contributed by atoms with Crippen LogP contribution in [0.15, 0.2) is 62.6 Å². The molecule has 0 atom stereocenters. The summed E-state index contributed by atoms with van der Waals surface area (Å²) in [6.45, 7) is 1.99. The fourth-order valence-corrected chi connectivity index (χ4v) is 3.71. The molecule has 0 radical (unpaired) electrons. The summed E-state index contributed by atoms with van der Waals surface area (Å²) in [4.78, 5) is 30.2. The highest BCUT2D eigenvalue weighted by Gasteiger charge is 2.21. The number of fused-ring (bicyclic) bond motifs is 1. The van der Waals surface area contributed by atoms with E-state index >= 15 is 0 Å². The van der Waals surface area contributed by atoms with Crippen LogP contribution in [-0.4, -0.2) is 14.1 Å². The van der Waals surface area contributed by atoms with Crippen molar-refractivity contribution in [3.8, 4) is 22.4 Å². The first-order valence-electron chi connectivity index (χ1n) is 9.01. The summed E-state index contributed by atoms with van der Waals surface area (Å²) in [7, 11) is 3.07. The molecule has 2 N–H and O–H groups in total. The van der Waals surface area contributed by atoms with E-state index in [0.29, 0.717) is 28.0 Å². The van der Waals surface area contributed by atoms with Crippen LogP contribution in [0.1, 0.15) is 5.56 Å². The number of hydrogen-bond donors (Lipinski definition) is 1. The summed E-state index contributed by atoms with van der Waals surface area (Å²) < 4.78 is 3.40. The van der Waals surface area contributed by atoms with Crippen molar-refractivity contribution < 1.29 is 0 Å². The molecule has 2 aromatic carbocycles. The Bertz CT molecular complexity index is 1370. The number of nitrogens with zero attached hydrogens (tertiary/aromatic N) is 3. The van der Waals surface area contributed by atoms with Gasteiger partial charge in [-0.3, -0.25) is 13.9 Å². The van der Waals surface area contributed by atoms with E-state index in [-0.39, 0.29) is 0 Å². The molecule has 0 aliphatic rings. The fourth-order valence-electron chi connectivity index (χ4n) is 3.45. The van der Waals surface area contributed by atoms with E-state index in [1.165, 1.54) is 11.6 Å². The zero-order valence-electron chi connectivity index (χ0n) is 16.2. The molecule has 0 spiro atoms. The Morgan fingerprint density at radius 3 is 2.10 bits per heavy atom. The number of halogens is 1. The van der Waals surface area contributed by atoms with E-state index in [1.807, 2.05) is 55.5 Å². The van der Waals surface area contributed by atoms with Gasteiger partial charge in [-0.1, -0.05) is 57.9 Å². The first-order chi connectivity index (χ1) is 13.8. The Balaban J connectivity index is 2.22. The lowest BCUT2D eigenvalue weighted by molar-refractivity contribution is 0.708. The highest BCUT2D eigenvalue weighted by atomic mass is 79.9. The number of rotatable bonds is 2.